The summed E-state index contributed by atoms with van der Waals surface area (Å²) in [6.07, 6.45) is 1.87. The van der Waals surface area contributed by atoms with Crippen molar-refractivity contribution >= 4 is 11.9 Å². The number of nitrogens with one attached hydrogen (secondary N) is 1. The maximum atomic E-state index is 12.0. The SMILES string of the molecule is CC(C)CC(NC(=O)C1CCOC(C)C1)C(=O)O. The van der Waals surface area contributed by atoms with Gasteiger partial charge in [0.1, 0.15) is 6.04 Å². The first-order valence-electron chi connectivity index (χ1n) is 6.55. The molecule has 1 heterocycles. The molecule has 0 aliphatic carbocycles. The molecule has 3 unspecified atom stereocenters. The van der Waals surface area contributed by atoms with Crippen molar-refractivity contribution in [3.05, 3.63) is 0 Å². The lowest BCUT2D eigenvalue weighted by Gasteiger charge is -2.27. The standard InChI is InChI=1S/C13H23NO4/c1-8(2)6-11(13(16)17)14-12(15)10-4-5-18-9(3)7-10/h8-11H,4-7H2,1-3H3,(H,14,15)(H,16,17). The summed E-state index contributed by atoms with van der Waals surface area (Å²) in [5, 5.41) is 11.7. The molecule has 1 amide bonds. The minimum absolute atomic E-state index is 0.0721. The normalized spacial score (nSPS) is 25.8. The minimum Gasteiger partial charge on any atom is -0.480 e. The molecule has 1 saturated heterocycles. The molecule has 0 aromatic rings. The van der Waals surface area contributed by atoms with Gasteiger partial charge in [-0.15, -0.1) is 0 Å². The Hall–Kier alpha value is -1.10. The van der Waals surface area contributed by atoms with Gasteiger partial charge in [0.15, 0.2) is 0 Å². The Morgan fingerprint density at radius 3 is 2.61 bits per heavy atom. The van der Waals surface area contributed by atoms with Gasteiger partial charge in [0.25, 0.3) is 0 Å². The minimum atomic E-state index is -0.961. The third-order valence-corrected chi connectivity index (χ3v) is 3.18. The number of rotatable bonds is 5. The van der Waals surface area contributed by atoms with Crippen molar-refractivity contribution in [1.82, 2.24) is 5.32 Å². The van der Waals surface area contributed by atoms with Crippen LogP contribution in [0.3, 0.4) is 0 Å². The van der Waals surface area contributed by atoms with E-state index in [1.807, 2.05) is 20.8 Å². The molecule has 0 saturated carbocycles. The lowest BCUT2D eigenvalue weighted by Crippen LogP contribution is -2.46. The Bertz CT molecular complexity index is 303. The first-order valence-corrected chi connectivity index (χ1v) is 6.55. The van der Waals surface area contributed by atoms with Crippen LogP contribution in [-0.2, 0) is 14.3 Å². The lowest BCUT2D eigenvalue weighted by atomic mass is 9.94. The summed E-state index contributed by atoms with van der Waals surface area (Å²) < 4.78 is 5.38. The molecule has 1 rings (SSSR count). The zero-order chi connectivity index (χ0) is 13.7. The van der Waals surface area contributed by atoms with Crippen molar-refractivity contribution in [2.45, 2.75) is 52.2 Å². The average molecular weight is 257 g/mol. The van der Waals surface area contributed by atoms with Gasteiger partial charge in [0, 0.05) is 12.5 Å². The highest BCUT2D eigenvalue weighted by molar-refractivity contribution is 5.85. The molecule has 1 fully saturated rings. The highest BCUT2D eigenvalue weighted by atomic mass is 16.5. The second kappa shape index (κ2) is 6.73. The fraction of sp³-hybridized carbons (Fsp3) is 0.846. The van der Waals surface area contributed by atoms with Gasteiger partial charge in [-0.2, -0.15) is 0 Å². The van der Waals surface area contributed by atoms with Crippen LogP contribution in [0.25, 0.3) is 0 Å². The van der Waals surface area contributed by atoms with Gasteiger partial charge >= 0.3 is 5.97 Å². The molecule has 0 aromatic carbocycles. The van der Waals surface area contributed by atoms with Crippen molar-refractivity contribution in [1.29, 1.82) is 0 Å². The smallest absolute Gasteiger partial charge is 0.326 e. The molecule has 0 radical (unpaired) electrons. The van der Waals surface area contributed by atoms with Gasteiger partial charge in [-0.1, -0.05) is 13.8 Å². The van der Waals surface area contributed by atoms with E-state index in [-0.39, 0.29) is 23.8 Å². The maximum Gasteiger partial charge on any atom is 0.326 e. The summed E-state index contributed by atoms with van der Waals surface area (Å²) in [6, 6.07) is -0.782. The summed E-state index contributed by atoms with van der Waals surface area (Å²) in [4.78, 5) is 23.1. The predicted octanol–water partition coefficient (Wildman–Crippen LogP) is 1.42. The van der Waals surface area contributed by atoms with E-state index in [9.17, 15) is 9.59 Å². The van der Waals surface area contributed by atoms with Crippen molar-refractivity contribution in [2.75, 3.05) is 6.61 Å². The zero-order valence-corrected chi connectivity index (χ0v) is 11.3. The molecule has 3 atom stereocenters. The molecule has 5 nitrogen and oxygen atoms in total. The third-order valence-electron chi connectivity index (χ3n) is 3.18. The van der Waals surface area contributed by atoms with E-state index in [4.69, 9.17) is 9.84 Å². The van der Waals surface area contributed by atoms with E-state index in [1.165, 1.54) is 0 Å². The van der Waals surface area contributed by atoms with Crippen LogP contribution in [-0.4, -0.2) is 35.7 Å². The number of aliphatic carboxylic acids is 1. The zero-order valence-electron chi connectivity index (χ0n) is 11.3. The highest BCUT2D eigenvalue weighted by Crippen LogP contribution is 2.20. The van der Waals surface area contributed by atoms with Gasteiger partial charge in [0.05, 0.1) is 6.10 Å². The van der Waals surface area contributed by atoms with E-state index < -0.39 is 12.0 Å². The summed E-state index contributed by atoms with van der Waals surface area (Å²) in [5.41, 5.74) is 0. The Kier molecular flexibility index (Phi) is 5.59. The van der Waals surface area contributed by atoms with Crippen LogP contribution < -0.4 is 5.32 Å². The van der Waals surface area contributed by atoms with E-state index in [2.05, 4.69) is 5.32 Å². The molecule has 104 valence electrons. The fourth-order valence-corrected chi connectivity index (χ4v) is 2.22. The van der Waals surface area contributed by atoms with Crippen molar-refractivity contribution in [2.24, 2.45) is 11.8 Å². The van der Waals surface area contributed by atoms with Crippen LogP contribution in [0.4, 0.5) is 0 Å². The van der Waals surface area contributed by atoms with Crippen LogP contribution in [0.5, 0.6) is 0 Å². The number of carbonyl (C=O) groups excluding carboxylic acids is 1. The van der Waals surface area contributed by atoms with Gasteiger partial charge < -0.3 is 15.2 Å². The van der Waals surface area contributed by atoms with Crippen LogP contribution >= 0.6 is 0 Å². The molecule has 0 aromatic heterocycles. The second-order valence-electron chi connectivity index (χ2n) is 5.43. The number of hydrogen-bond donors (Lipinski definition) is 2. The Morgan fingerprint density at radius 2 is 2.11 bits per heavy atom. The van der Waals surface area contributed by atoms with Gasteiger partial charge in [-0.3, -0.25) is 4.79 Å². The van der Waals surface area contributed by atoms with Gasteiger partial charge in [0.2, 0.25) is 5.91 Å². The predicted molar refractivity (Wildman–Crippen MR) is 67.2 cm³/mol. The summed E-state index contributed by atoms with van der Waals surface area (Å²) in [5.74, 6) is -1.00. The molecule has 0 spiro atoms. The Labute approximate surface area is 108 Å². The second-order valence-corrected chi connectivity index (χ2v) is 5.43. The molecule has 5 heteroatoms. The molecule has 2 N–H and O–H groups in total. The van der Waals surface area contributed by atoms with E-state index in [1.54, 1.807) is 0 Å². The summed E-state index contributed by atoms with van der Waals surface area (Å²) >= 11 is 0. The number of carbonyl (C=O) groups is 2. The molecule has 18 heavy (non-hydrogen) atoms. The number of hydrogen-bond acceptors (Lipinski definition) is 3. The first kappa shape index (κ1) is 15.0. The van der Waals surface area contributed by atoms with E-state index in [0.29, 0.717) is 25.9 Å². The van der Waals surface area contributed by atoms with Crippen LogP contribution in [0.1, 0.15) is 40.0 Å². The van der Waals surface area contributed by atoms with E-state index in [0.717, 1.165) is 0 Å². The summed E-state index contributed by atoms with van der Waals surface area (Å²) in [6.45, 7) is 6.39. The molecular weight excluding hydrogens is 234 g/mol. The van der Waals surface area contributed by atoms with Crippen molar-refractivity contribution in [3.63, 3.8) is 0 Å². The number of ether oxygens (including phenoxy) is 1. The highest BCUT2D eigenvalue weighted by Gasteiger charge is 2.29. The largest absolute Gasteiger partial charge is 0.480 e. The average Bonchev–Trinajstić information content (AvgIpc) is 2.27. The first-order chi connectivity index (χ1) is 8.40. The van der Waals surface area contributed by atoms with Crippen LogP contribution in [0, 0.1) is 11.8 Å². The Balaban J connectivity index is 2.52. The number of carboxylic acids is 1. The Morgan fingerprint density at radius 1 is 1.44 bits per heavy atom. The molecule has 0 bridgehead atoms. The maximum absolute atomic E-state index is 12.0. The fourth-order valence-electron chi connectivity index (χ4n) is 2.22. The number of carboxylic acid groups (broad SMARTS) is 1. The lowest BCUT2D eigenvalue weighted by molar-refractivity contribution is -0.143. The van der Waals surface area contributed by atoms with Crippen LogP contribution in [0.2, 0.25) is 0 Å². The van der Waals surface area contributed by atoms with E-state index >= 15 is 0 Å². The van der Waals surface area contributed by atoms with Crippen LogP contribution in [0.15, 0.2) is 0 Å². The summed E-state index contributed by atoms with van der Waals surface area (Å²) in [7, 11) is 0. The monoisotopic (exact) mass is 257 g/mol. The van der Waals surface area contributed by atoms with Gasteiger partial charge in [-0.05, 0) is 32.1 Å². The third kappa shape index (κ3) is 4.64. The quantitative estimate of drug-likeness (QED) is 0.781. The van der Waals surface area contributed by atoms with Crippen molar-refractivity contribution in [3.8, 4) is 0 Å². The van der Waals surface area contributed by atoms with Gasteiger partial charge in [-0.25, -0.2) is 4.79 Å². The number of amides is 1. The topological polar surface area (TPSA) is 75.6 Å². The molecular formula is C13H23NO4. The molecule has 1 aliphatic heterocycles. The molecule has 1 aliphatic rings. The van der Waals surface area contributed by atoms with Crippen molar-refractivity contribution < 1.29 is 19.4 Å².